The van der Waals surface area contributed by atoms with Crippen LogP contribution in [0, 0.1) is 11.3 Å². The van der Waals surface area contributed by atoms with Crippen LogP contribution in [-0.2, 0) is 0 Å². The maximum atomic E-state index is 12.0. The fraction of sp³-hybridized carbons (Fsp3) is 0.0667. The molecule has 21 heavy (non-hydrogen) atoms. The molecule has 0 spiro atoms. The van der Waals surface area contributed by atoms with Gasteiger partial charge in [0.1, 0.15) is 17.6 Å². The normalized spacial score (nSPS) is 9.48. The van der Waals surface area contributed by atoms with Crippen molar-refractivity contribution >= 4 is 17.4 Å². The molecule has 1 heterocycles. The summed E-state index contributed by atoms with van der Waals surface area (Å²) in [7, 11) is 0. The fourth-order valence-electron chi connectivity index (χ4n) is 1.59. The highest BCUT2D eigenvalue weighted by atomic mass is 16.1. The molecule has 0 fully saturated rings. The number of nitrogens with zero attached hydrogens (tertiary/aromatic N) is 3. The van der Waals surface area contributed by atoms with Crippen LogP contribution in [0.1, 0.15) is 16.1 Å². The van der Waals surface area contributed by atoms with Crippen LogP contribution >= 0.6 is 0 Å². The van der Waals surface area contributed by atoms with E-state index in [-0.39, 0.29) is 5.69 Å². The second-order valence-electron chi connectivity index (χ2n) is 4.07. The quantitative estimate of drug-likeness (QED) is 0.819. The lowest BCUT2D eigenvalue weighted by atomic mass is 10.2. The lowest BCUT2D eigenvalue weighted by Gasteiger charge is -2.06. The number of rotatable bonds is 5. The highest BCUT2D eigenvalue weighted by Gasteiger charge is 2.10. The second kappa shape index (κ2) is 6.82. The molecule has 0 unspecified atom stereocenters. The number of nitriles is 1. The van der Waals surface area contributed by atoms with Crippen LogP contribution in [0.4, 0.5) is 11.5 Å². The van der Waals surface area contributed by atoms with E-state index < -0.39 is 5.91 Å². The van der Waals surface area contributed by atoms with Crippen molar-refractivity contribution in [2.45, 2.75) is 0 Å². The van der Waals surface area contributed by atoms with Gasteiger partial charge in [0.25, 0.3) is 5.91 Å². The minimum absolute atomic E-state index is 0.173. The van der Waals surface area contributed by atoms with Gasteiger partial charge in [-0.3, -0.25) is 4.79 Å². The molecule has 2 rings (SSSR count). The number of hydrogen-bond donors (Lipinski definition) is 2. The minimum atomic E-state index is -0.416. The number of carbonyl (C=O) groups is 1. The van der Waals surface area contributed by atoms with Gasteiger partial charge in [-0.05, 0) is 12.1 Å². The molecule has 0 saturated carbocycles. The van der Waals surface area contributed by atoms with Crippen molar-refractivity contribution in [1.29, 1.82) is 5.26 Å². The molecule has 1 aromatic carbocycles. The summed E-state index contributed by atoms with van der Waals surface area (Å²) in [6, 6.07) is 8.77. The smallest absolute Gasteiger partial charge is 0.275 e. The van der Waals surface area contributed by atoms with Crippen LogP contribution in [0.3, 0.4) is 0 Å². The third kappa shape index (κ3) is 3.64. The van der Waals surface area contributed by atoms with E-state index in [0.29, 0.717) is 23.6 Å². The summed E-state index contributed by atoms with van der Waals surface area (Å²) in [5.41, 5.74) is 1.01. The Kier molecular flexibility index (Phi) is 4.62. The first-order valence-corrected chi connectivity index (χ1v) is 6.22. The van der Waals surface area contributed by atoms with Crippen LogP contribution in [0.25, 0.3) is 0 Å². The van der Waals surface area contributed by atoms with E-state index in [2.05, 4.69) is 27.2 Å². The SMILES string of the molecule is C=CCNc1cnc(C(=O)Nc2ccccc2C#N)cn1. The zero-order valence-corrected chi connectivity index (χ0v) is 11.2. The monoisotopic (exact) mass is 279 g/mol. The number of nitrogens with one attached hydrogen (secondary N) is 2. The molecule has 0 bridgehead atoms. The van der Waals surface area contributed by atoms with Crippen LogP contribution in [0.15, 0.2) is 49.3 Å². The first-order valence-electron chi connectivity index (χ1n) is 6.22. The van der Waals surface area contributed by atoms with Crippen LogP contribution in [0.5, 0.6) is 0 Å². The maximum Gasteiger partial charge on any atom is 0.275 e. The molecular weight excluding hydrogens is 266 g/mol. The molecule has 1 aromatic heterocycles. The number of hydrogen-bond acceptors (Lipinski definition) is 5. The molecule has 0 aliphatic heterocycles. The number of anilines is 2. The average Bonchev–Trinajstić information content (AvgIpc) is 2.54. The van der Waals surface area contributed by atoms with E-state index in [1.807, 2.05) is 6.07 Å². The zero-order chi connectivity index (χ0) is 15.1. The molecule has 2 aromatic rings. The second-order valence-corrected chi connectivity index (χ2v) is 4.07. The molecular formula is C15H13N5O. The van der Waals surface area contributed by atoms with Crippen molar-refractivity contribution in [3.8, 4) is 6.07 Å². The molecule has 6 nitrogen and oxygen atoms in total. The van der Waals surface area contributed by atoms with Crippen molar-refractivity contribution in [1.82, 2.24) is 9.97 Å². The Bertz CT molecular complexity index is 688. The van der Waals surface area contributed by atoms with Gasteiger partial charge < -0.3 is 10.6 Å². The number of aromatic nitrogens is 2. The Balaban J connectivity index is 2.10. The standard InChI is InChI=1S/C15H13N5O/c1-2-7-17-14-10-18-13(9-19-14)15(21)20-12-6-4-3-5-11(12)8-16/h2-6,9-10H,1,7H2,(H,17,19)(H,20,21). The van der Waals surface area contributed by atoms with Gasteiger partial charge in [-0.25, -0.2) is 9.97 Å². The van der Waals surface area contributed by atoms with Gasteiger partial charge in [0.15, 0.2) is 0 Å². The summed E-state index contributed by atoms with van der Waals surface area (Å²) in [6.45, 7) is 4.15. The zero-order valence-electron chi connectivity index (χ0n) is 11.2. The molecule has 0 aliphatic rings. The van der Waals surface area contributed by atoms with Crippen molar-refractivity contribution in [3.63, 3.8) is 0 Å². The first-order chi connectivity index (χ1) is 10.2. The third-order valence-electron chi connectivity index (χ3n) is 2.61. The summed E-state index contributed by atoms with van der Waals surface area (Å²) >= 11 is 0. The molecule has 0 aliphatic carbocycles. The highest BCUT2D eigenvalue weighted by Crippen LogP contribution is 2.14. The molecule has 2 N–H and O–H groups in total. The average molecular weight is 279 g/mol. The minimum Gasteiger partial charge on any atom is -0.365 e. The summed E-state index contributed by atoms with van der Waals surface area (Å²) in [5, 5.41) is 14.6. The predicted molar refractivity (Wildman–Crippen MR) is 79.8 cm³/mol. The Hall–Kier alpha value is -3.20. The molecule has 0 saturated heterocycles. The third-order valence-corrected chi connectivity index (χ3v) is 2.61. The van der Waals surface area contributed by atoms with E-state index in [1.54, 1.807) is 30.3 Å². The van der Waals surface area contributed by atoms with E-state index in [0.717, 1.165) is 0 Å². The number of benzene rings is 1. The van der Waals surface area contributed by atoms with Gasteiger partial charge in [-0.15, -0.1) is 6.58 Å². The van der Waals surface area contributed by atoms with Gasteiger partial charge in [0, 0.05) is 6.54 Å². The first kappa shape index (κ1) is 14.2. The van der Waals surface area contributed by atoms with Gasteiger partial charge in [0.2, 0.25) is 0 Å². The number of para-hydroxylation sites is 1. The highest BCUT2D eigenvalue weighted by molar-refractivity contribution is 6.03. The lowest BCUT2D eigenvalue weighted by Crippen LogP contribution is -2.15. The predicted octanol–water partition coefficient (Wildman–Crippen LogP) is 2.20. The van der Waals surface area contributed by atoms with Crippen LogP contribution in [0.2, 0.25) is 0 Å². The topological polar surface area (TPSA) is 90.7 Å². The Morgan fingerprint density at radius 2 is 2.14 bits per heavy atom. The van der Waals surface area contributed by atoms with Crippen molar-refractivity contribution in [2.24, 2.45) is 0 Å². The Morgan fingerprint density at radius 1 is 1.33 bits per heavy atom. The van der Waals surface area contributed by atoms with Crippen LogP contribution in [-0.4, -0.2) is 22.4 Å². The molecule has 0 radical (unpaired) electrons. The summed E-state index contributed by atoms with van der Waals surface area (Å²) < 4.78 is 0. The van der Waals surface area contributed by atoms with Crippen molar-refractivity contribution in [3.05, 3.63) is 60.6 Å². The van der Waals surface area contributed by atoms with Crippen molar-refractivity contribution in [2.75, 3.05) is 17.2 Å². The lowest BCUT2D eigenvalue weighted by molar-refractivity contribution is 0.102. The van der Waals surface area contributed by atoms with E-state index in [9.17, 15) is 4.79 Å². The number of carbonyl (C=O) groups excluding carboxylic acids is 1. The van der Waals surface area contributed by atoms with Crippen molar-refractivity contribution < 1.29 is 4.79 Å². The molecule has 1 amide bonds. The summed E-state index contributed by atoms with van der Waals surface area (Å²) in [5.74, 6) is 0.143. The number of amides is 1. The Labute approximate surface area is 122 Å². The molecule has 104 valence electrons. The Morgan fingerprint density at radius 3 is 2.81 bits per heavy atom. The van der Waals surface area contributed by atoms with E-state index in [1.165, 1.54) is 12.4 Å². The van der Waals surface area contributed by atoms with Gasteiger partial charge >= 0.3 is 0 Å². The van der Waals surface area contributed by atoms with Crippen LogP contribution < -0.4 is 10.6 Å². The van der Waals surface area contributed by atoms with Gasteiger partial charge in [0.05, 0.1) is 23.6 Å². The van der Waals surface area contributed by atoms with Gasteiger partial charge in [-0.2, -0.15) is 5.26 Å². The summed E-state index contributed by atoms with van der Waals surface area (Å²) in [4.78, 5) is 20.2. The largest absolute Gasteiger partial charge is 0.365 e. The molecule has 6 heteroatoms. The van der Waals surface area contributed by atoms with E-state index in [4.69, 9.17) is 5.26 Å². The van der Waals surface area contributed by atoms with E-state index >= 15 is 0 Å². The summed E-state index contributed by atoms with van der Waals surface area (Å²) in [6.07, 6.45) is 4.53. The molecule has 0 atom stereocenters. The maximum absolute atomic E-state index is 12.0. The van der Waals surface area contributed by atoms with Gasteiger partial charge in [-0.1, -0.05) is 18.2 Å². The fourth-order valence-corrected chi connectivity index (χ4v) is 1.59.